The fourth-order valence-corrected chi connectivity index (χ4v) is 2.43. The van der Waals surface area contributed by atoms with Gasteiger partial charge >= 0.3 is 0 Å². The van der Waals surface area contributed by atoms with Gasteiger partial charge in [-0.05, 0) is 32.4 Å². The van der Waals surface area contributed by atoms with E-state index in [0.717, 1.165) is 11.1 Å². The molecule has 0 aliphatic heterocycles. The van der Waals surface area contributed by atoms with E-state index in [4.69, 9.17) is 4.52 Å². The third kappa shape index (κ3) is 3.48. The van der Waals surface area contributed by atoms with Crippen LogP contribution in [0.15, 0.2) is 47.2 Å². The highest BCUT2D eigenvalue weighted by molar-refractivity contribution is 5.58. The summed E-state index contributed by atoms with van der Waals surface area (Å²) in [5.74, 6) is 1.22. The number of rotatable bonds is 6. The second kappa shape index (κ2) is 6.75. The fraction of sp³-hybridized carbons (Fsp3) is 0.353. The Morgan fingerprint density at radius 3 is 2.78 bits per heavy atom. The minimum Gasteiger partial charge on any atom is -0.338 e. The summed E-state index contributed by atoms with van der Waals surface area (Å²) in [4.78, 5) is 4.47. The number of aromatic nitrogens is 4. The van der Waals surface area contributed by atoms with Gasteiger partial charge < -0.3 is 9.84 Å². The van der Waals surface area contributed by atoms with Crippen LogP contribution < -0.4 is 5.32 Å². The summed E-state index contributed by atoms with van der Waals surface area (Å²) in [7, 11) is 0. The van der Waals surface area contributed by atoms with Gasteiger partial charge in [-0.25, -0.2) is 0 Å². The van der Waals surface area contributed by atoms with E-state index in [1.807, 2.05) is 48.1 Å². The number of hydrogen-bond acceptors (Lipinski definition) is 5. The van der Waals surface area contributed by atoms with E-state index in [9.17, 15) is 0 Å². The lowest BCUT2D eigenvalue weighted by atomic mass is 10.1. The quantitative estimate of drug-likeness (QED) is 0.758. The van der Waals surface area contributed by atoms with Crippen LogP contribution in [0.4, 0.5) is 0 Å². The maximum atomic E-state index is 5.35. The molecule has 0 radical (unpaired) electrons. The Morgan fingerprint density at radius 2 is 2.04 bits per heavy atom. The minimum absolute atomic E-state index is 0.226. The van der Waals surface area contributed by atoms with E-state index in [2.05, 4.69) is 34.4 Å². The lowest BCUT2D eigenvalue weighted by Crippen LogP contribution is -2.33. The van der Waals surface area contributed by atoms with E-state index in [1.54, 1.807) is 6.20 Å². The molecule has 0 amide bonds. The molecule has 0 aliphatic carbocycles. The maximum absolute atomic E-state index is 5.35. The van der Waals surface area contributed by atoms with Gasteiger partial charge in [0.25, 0.3) is 0 Å². The summed E-state index contributed by atoms with van der Waals surface area (Å²) in [5.41, 5.74) is 2.13. The normalized spacial score (nSPS) is 13.9. The highest BCUT2D eigenvalue weighted by Gasteiger charge is 2.16. The van der Waals surface area contributed by atoms with Crippen LogP contribution in [-0.2, 0) is 6.54 Å². The number of hydrogen-bond donors (Lipinski definition) is 1. The highest BCUT2D eigenvalue weighted by atomic mass is 16.5. The van der Waals surface area contributed by atoms with E-state index >= 15 is 0 Å². The summed E-state index contributed by atoms with van der Waals surface area (Å²) in [6.45, 7) is 6.81. The van der Waals surface area contributed by atoms with E-state index in [0.29, 0.717) is 18.3 Å². The molecule has 3 aromatic rings. The zero-order valence-corrected chi connectivity index (χ0v) is 13.6. The standard InChI is InChI=1S/C17H21N5O/c1-12-7-4-5-8-15(12)17-20-16(23-21-17)11-18-13(2)14(3)22-10-6-9-19-22/h4-10,13-14,18H,11H2,1-3H3/t13-,14+/m0/s1. The fourth-order valence-electron chi connectivity index (χ4n) is 2.43. The molecule has 120 valence electrons. The highest BCUT2D eigenvalue weighted by Crippen LogP contribution is 2.19. The Labute approximate surface area is 135 Å². The van der Waals surface area contributed by atoms with Gasteiger partial charge in [0.1, 0.15) is 0 Å². The zero-order valence-electron chi connectivity index (χ0n) is 13.6. The Balaban J connectivity index is 1.62. The molecule has 2 atom stereocenters. The van der Waals surface area contributed by atoms with E-state index < -0.39 is 0 Å². The van der Waals surface area contributed by atoms with Crippen molar-refractivity contribution < 1.29 is 4.52 Å². The number of nitrogens with zero attached hydrogens (tertiary/aromatic N) is 4. The van der Waals surface area contributed by atoms with Gasteiger partial charge in [0, 0.05) is 24.0 Å². The van der Waals surface area contributed by atoms with Crippen molar-refractivity contribution >= 4 is 0 Å². The van der Waals surface area contributed by atoms with Crippen LogP contribution in [0, 0.1) is 6.92 Å². The van der Waals surface area contributed by atoms with Crippen molar-refractivity contribution in [2.24, 2.45) is 0 Å². The molecule has 2 aromatic heterocycles. The molecule has 0 bridgehead atoms. The van der Waals surface area contributed by atoms with Gasteiger partial charge in [0.15, 0.2) is 0 Å². The second-order valence-electron chi connectivity index (χ2n) is 5.72. The molecule has 1 N–H and O–H groups in total. The first-order valence-electron chi connectivity index (χ1n) is 7.76. The van der Waals surface area contributed by atoms with Crippen molar-refractivity contribution in [2.75, 3.05) is 0 Å². The molecular formula is C17H21N5O. The molecular weight excluding hydrogens is 290 g/mol. The van der Waals surface area contributed by atoms with Crippen LogP contribution in [0.25, 0.3) is 11.4 Å². The molecule has 2 heterocycles. The predicted octanol–water partition coefficient (Wildman–Crippen LogP) is 2.98. The van der Waals surface area contributed by atoms with Gasteiger partial charge in [-0.2, -0.15) is 10.1 Å². The van der Waals surface area contributed by atoms with Crippen molar-refractivity contribution in [2.45, 2.75) is 39.4 Å². The Kier molecular flexibility index (Phi) is 4.52. The molecule has 0 fully saturated rings. The van der Waals surface area contributed by atoms with Crippen LogP contribution in [0.5, 0.6) is 0 Å². The average Bonchev–Trinajstić information content (AvgIpc) is 3.24. The maximum Gasteiger partial charge on any atom is 0.240 e. The molecule has 0 aliphatic rings. The van der Waals surface area contributed by atoms with Crippen molar-refractivity contribution in [3.8, 4) is 11.4 Å². The third-order valence-corrected chi connectivity index (χ3v) is 4.10. The number of aryl methyl sites for hydroxylation is 1. The largest absolute Gasteiger partial charge is 0.338 e. The Morgan fingerprint density at radius 1 is 1.22 bits per heavy atom. The molecule has 0 saturated carbocycles. The first-order valence-corrected chi connectivity index (χ1v) is 7.76. The van der Waals surface area contributed by atoms with Gasteiger partial charge in [0.05, 0.1) is 12.6 Å². The van der Waals surface area contributed by atoms with Gasteiger partial charge in [0.2, 0.25) is 11.7 Å². The first-order chi connectivity index (χ1) is 11.1. The molecule has 6 nitrogen and oxygen atoms in total. The molecule has 3 rings (SSSR count). The van der Waals surface area contributed by atoms with Gasteiger partial charge in [-0.3, -0.25) is 4.68 Å². The lowest BCUT2D eigenvalue weighted by Gasteiger charge is -2.20. The van der Waals surface area contributed by atoms with Crippen LogP contribution in [-0.4, -0.2) is 26.0 Å². The molecule has 0 unspecified atom stereocenters. The van der Waals surface area contributed by atoms with E-state index in [1.165, 1.54) is 0 Å². The smallest absolute Gasteiger partial charge is 0.240 e. The van der Waals surface area contributed by atoms with Crippen LogP contribution in [0.1, 0.15) is 31.3 Å². The summed E-state index contributed by atoms with van der Waals surface area (Å²) < 4.78 is 7.28. The molecule has 1 aromatic carbocycles. The first kappa shape index (κ1) is 15.4. The van der Waals surface area contributed by atoms with Crippen LogP contribution in [0.3, 0.4) is 0 Å². The summed E-state index contributed by atoms with van der Waals surface area (Å²) in [6, 6.07) is 10.4. The monoisotopic (exact) mass is 311 g/mol. The zero-order chi connectivity index (χ0) is 16.2. The van der Waals surface area contributed by atoms with Crippen LogP contribution >= 0.6 is 0 Å². The van der Waals surface area contributed by atoms with E-state index in [-0.39, 0.29) is 12.1 Å². The predicted molar refractivity (Wildman–Crippen MR) is 87.7 cm³/mol. The minimum atomic E-state index is 0.226. The van der Waals surface area contributed by atoms with Crippen molar-refractivity contribution in [3.05, 3.63) is 54.2 Å². The lowest BCUT2D eigenvalue weighted by molar-refractivity contribution is 0.325. The topological polar surface area (TPSA) is 68.8 Å². The Bertz CT molecular complexity index is 750. The third-order valence-electron chi connectivity index (χ3n) is 4.10. The molecule has 0 saturated heterocycles. The van der Waals surface area contributed by atoms with Gasteiger partial charge in [-0.1, -0.05) is 29.4 Å². The summed E-state index contributed by atoms with van der Waals surface area (Å²) in [6.07, 6.45) is 3.75. The van der Waals surface area contributed by atoms with Gasteiger partial charge in [-0.15, -0.1) is 0 Å². The average molecular weight is 311 g/mol. The number of benzene rings is 1. The van der Waals surface area contributed by atoms with Crippen LogP contribution in [0.2, 0.25) is 0 Å². The van der Waals surface area contributed by atoms with Crippen molar-refractivity contribution in [1.82, 2.24) is 25.2 Å². The Hall–Kier alpha value is -2.47. The van der Waals surface area contributed by atoms with Crippen molar-refractivity contribution in [1.29, 1.82) is 0 Å². The SMILES string of the molecule is Cc1ccccc1-c1noc(CN[C@@H](C)[C@@H](C)n2cccn2)n1. The number of nitrogens with one attached hydrogen (secondary N) is 1. The molecule has 23 heavy (non-hydrogen) atoms. The molecule has 0 spiro atoms. The molecule has 6 heteroatoms. The second-order valence-corrected chi connectivity index (χ2v) is 5.72. The van der Waals surface area contributed by atoms with Crippen molar-refractivity contribution in [3.63, 3.8) is 0 Å². The summed E-state index contributed by atoms with van der Waals surface area (Å²) >= 11 is 0. The summed E-state index contributed by atoms with van der Waals surface area (Å²) in [5, 5.41) is 11.8.